The van der Waals surface area contributed by atoms with Gasteiger partial charge in [-0.3, -0.25) is 4.79 Å². The van der Waals surface area contributed by atoms with Gasteiger partial charge in [-0.2, -0.15) is 5.10 Å². The van der Waals surface area contributed by atoms with E-state index in [0.29, 0.717) is 35.2 Å². The number of terminal acetylenes is 1. The first-order valence-corrected chi connectivity index (χ1v) is 8.27. The van der Waals surface area contributed by atoms with Gasteiger partial charge in [0.15, 0.2) is 23.0 Å². The zero-order chi connectivity index (χ0) is 19.1. The molecule has 1 heterocycles. The lowest BCUT2D eigenvalue weighted by molar-refractivity contribution is 0.0954. The van der Waals surface area contributed by atoms with E-state index in [1.165, 1.54) is 6.21 Å². The van der Waals surface area contributed by atoms with E-state index in [9.17, 15) is 4.79 Å². The molecule has 0 bridgehead atoms. The van der Waals surface area contributed by atoms with Gasteiger partial charge in [-0.05, 0) is 48.9 Å². The van der Waals surface area contributed by atoms with Crippen molar-refractivity contribution in [1.82, 2.24) is 5.43 Å². The van der Waals surface area contributed by atoms with Crippen LogP contribution in [0.15, 0.2) is 41.5 Å². The lowest BCUT2D eigenvalue weighted by Gasteiger charge is -2.10. The van der Waals surface area contributed by atoms with E-state index in [1.54, 1.807) is 36.4 Å². The first kappa shape index (κ1) is 18.1. The van der Waals surface area contributed by atoms with Crippen LogP contribution in [-0.4, -0.2) is 32.1 Å². The molecule has 1 N–H and O–H groups in total. The number of ether oxygens (including phenoxy) is 4. The second kappa shape index (κ2) is 8.63. The standard InChI is InChI=1S/C20H18N2O5/c1-3-9-25-16-7-5-14(10-18(16)24-4-2)12-21-22-20(23)15-6-8-17-19(11-15)27-13-26-17/h1,5-8,10-12H,4,9,13H2,2H3,(H,22,23)/b21-12-. The van der Waals surface area contributed by atoms with Gasteiger partial charge < -0.3 is 18.9 Å². The van der Waals surface area contributed by atoms with Crippen molar-refractivity contribution in [3.8, 4) is 35.3 Å². The summed E-state index contributed by atoms with van der Waals surface area (Å²) in [6.45, 7) is 2.66. The Kier molecular flexibility index (Phi) is 5.80. The molecule has 0 aromatic heterocycles. The fourth-order valence-electron chi connectivity index (χ4n) is 2.38. The third-order valence-electron chi connectivity index (χ3n) is 3.59. The van der Waals surface area contributed by atoms with Gasteiger partial charge in [0.25, 0.3) is 5.91 Å². The van der Waals surface area contributed by atoms with Crippen LogP contribution in [0.2, 0.25) is 0 Å². The van der Waals surface area contributed by atoms with Gasteiger partial charge in [-0.25, -0.2) is 5.43 Å². The molecule has 0 fully saturated rings. The van der Waals surface area contributed by atoms with E-state index < -0.39 is 0 Å². The minimum Gasteiger partial charge on any atom is -0.490 e. The summed E-state index contributed by atoms with van der Waals surface area (Å²) in [6.07, 6.45) is 6.72. The minimum absolute atomic E-state index is 0.152. The van der Waals surface area contributed by atoms with Crippen LogP contribution >= 0.6 is 0 Å². The molecule has 0 unspecified atom stereocenters. The summed E-state index contributed by atoms with van der Waals surface area (Å²) in [6, 6.07) is 10.2. The molecule has 3 rings (SSSR count). The molecule has 7 heteroatoms. The minimum atomic E-state index is -0.358. The molecule has 0 atom stereocenters. The predicted molar refractivity (Wildman–Crippen MR) is 99.6 cm³/mol. The highest BCUT2D eigenvalue weighted by Crippen LogP contribution is 2.32. The van der Waals surface area contributed by atoms with Crippen molar-refractivity contribution in [1.29, 1.82) is 0 Å². The van der Waals surface area contributed by atoms with Gasteiger partial charge in [0.2, 0.25) is 6.79 Å². The number of carbonyl (C=O) groups excluding carboxylic acids is 1. The molecule has 0 saturated carbocycles. The second-order valence-corrected chi connectivity index (χ2v) is 5.40. The monoisotopic (exact) mass is 366 g/mol. The molecule has 0 aliphatic carbocycles. The lowest BCUT2D eigenvalue weighted by atomic mass is 10.2. The second-order valence-electron chi connectivity index (χ2n) is 5.40. The summed E-state index contributed by atoms with van der Waals surface area (Å²) in [5, 5.41) is 3.98. The fraction of sp³-hybridized carbons (Fsp3) is 0.200. The molecule has 138 valence electrons. The first-order chi connectivity index (χ1) is 13.2. The van der Waals surface area contributed by atoms with Crippen molar-refractivity contribution in [2.24, 2.45) is 5.10 Å². The van der Waals surface area contributed by atoms with Crippen LogP contribution in [0, 0.1) is 12.3 Å². The van der Waals surface area contributed by atoms with Crippen LogP contribution in [-0.2, 0) is 0 Å². The fourth-order valence-corrected chi connectivity index (χ4v) is 2.38. The van der Waals surface area contributed by atoms with Gasteiger partial charge in [-0.1, -0.05) is 5.92 Å². The molecule has 1 aliphatic rings. The Bertz CT molecular complexity index is 902. The number of fused-ring (bicyclic) bond motifs is 1. The number of nitrogens with zero attached hydrogens (tertiary/aromatic N) is 1. The molecule has 0 spiro atoms. The van der Waals surface area contributed by atoms with Crippen molar-refractivity contribution in [3.05, 3.63) is 47.5 Å². The molecule has 2 aromatic carbocycles. The van der Waals surface area contributed by atoms with Crippen molar-refractivity contribution in [2.45, 2.75) is 6.92 Å². The van der Waals surface area contributed by atoms with Crippen LogP contribution in [0.4, 0.5) is 0 Å². The molecule has 27 heavy (non-hydrogen) atoms. The zero-order valence-corrected chi connectivity index (χ0v) is 14.7. The van der Waals surface area contributed by atoms with Crippen LogP contribution in [0.5, 0.6) is 23.0 Å². The summed E-state index contributed by atoms with van der Waals surface area (Å²) < 4.78 is 21.5. The van der Waals surface area contributed by atoms with Crippen molar-refractivity contribution in [2.75, 3.05) is 20.0 Å². The first-order valence-electron chi connectivity index (χ1n) is 8.27. The summed E-state index contributed by atoms with van der Waals surface area (Å²) in [7, 11) is 0. The summed E-state index contributed by atoms with van der Waals surface area (Å²) in [5.41, 5.74) is 3.63. The van der Waals surface area contributed by atoms with Crippen molar-refractivity contribution in [3.63, 3.8) is 0 Å². The molecule has 1 aliphatic heterocycles. The number of carbonyl (C=O) groups is 1. The maximum absolute atomic E-state index is 12.2. The van der Waals surface area contributed by atoms with Crippen LogP contribution < -0.4 is 24.4 Å². The number of hydrogen-bond donors (Lipinski definition) is 1. The molecule has 2 aromatic rings. The summed E-state index contributed by atoms with van der Waals surface area (Å²) in [5.74, 6) is 4.31. The largest absolute Gasteiger partial charge is 0.490 e. The highest BCUT2D eigenvalue weighted by molar-refractivity contribution is 5.95. The Morgan fingerprint density at radius 1 is 1.22 bits per heavy atom. The number of benzene rings is 2. The van der Waals surface area contributed by atoms with E-state index >= 15 is 0 Å². The number of rotatable bonds is 7. The quantitative estimate of drug-likeness (QED) is 0.463. The number of nitrogens with one attached hydrogen (secondary N) is 1. The van der Waals surface area contributed by atoms with Gasteiger partial charge in [0.1, 0.15) is 6.61 Å². The van der Waals surface area contributed by atoms with Crippen LogP contribution in [0.25, 0.3) is 0 Å². The predicted octanol–water partition coefficient (Wildman–Crippen LogP) is 2.59. The number of hydrazone groups is 1. The van der Waals surface area contributed by atoms with E-state index in [0.717, 1.165) is 5.56 Å². The molecular formula is C20H18N2O5. The van der Waals surface area contributed by atoms with Gasteiger partial charge in [0, 0.05) is 5.56 Å². The lowest BCUT2D eigenvalue weighted by Crippen LogP contribution is -2.17. The normalized spacial score (nSPS) is 11.9. The smallest absolute Gasteiger partial charge is 0.271 e. The van der Waals surface area contributed by atoms with E-state index in [4.69, 9.17) is 25.4 Å². The number of amides is 1. The maximum Gasteiger partial charge on any atom is 0.271 e. The van der Waals surface area contributed by atoms with E-state index in [1.807, 2.05) is 6.92 Å². The van der Waals surface area contributed by atoms with E-state index in [2.05, 4.69) is 16.4 Å². The molecular weight excluding hydrogens is 348 g/mol. The Labute approximate surface area is 156 Å². The van der Waals surface area contributed by atoms with Crippen LogP contribution in [0.1, 0.15) is 22.8 Å². The number of hydrogen-bond acceptors (Lipinski definition) is 6. The Hall–Kier alpha value is -3.66. The van der Waals surface area contributed by atoms with E-state index in [-0.39, 0.29) is 19.3 Å². The average molecular weight is 366 g/mol. The summed E-state index contributed by atoms with van der Waals surface area (Å²) in [4.78, 5) is 12.2. The average Bonchev–Trinajstić information content (AvgIpc) is 3.15. The van der Waals surface area contributed by atoms with Crippen molar-refractivity contribution < 1.29 is 23.7 Å². The summed E-state index contributed by atoms with van der Waals surface area (Å²) >= 11 is 0. The highest BCUT2D eigenvalue weighted by atomic mass is 16.7. The maximum atomic E-state index is 12.2. The topological polar surface area (TPSA) is 78.4 Å². The molecule has 0 saturated heterocycles. The van der Waals surface area contributed by atoms with Crippen molar-refractivity contribution >= 4 is 12.1 Å². The highest BCUT2D eigenvalue weighted by Gasteiger charge is 2.15. The van der Waals surface area contributed by atoms with Gasteiger partial charge in [0.05, 0.1) is 12.8 Å². The Balaban J connectivity index is 1.66. The molecule has 1 amide bonds. The molecule has 0 radical (unpaired) electrons. The SMILES string of the molecule is C#CCOc1ccc(/C=N\NC(=O)c2ccc3c(c2)OCO3)cc1OCC. The third kappa shape index (κ3) is 4.50. The van der Waals surface area contributed by atoms with Gasteiger partial charge in [-0.15, -0.1) is 6.42 Å². The third-order valence-corrected chi connectivity index (χ3v) is 3.59. The van der Waals surface area contributed by atoms with Crippen LogP contribution in [0.3, 0.4) is 0 Å². The zero-order valence-electron chi connectivity index (χ0n) is 14.7. The van der Waals surface area contributed by atoms with Gasteiger partial charge >= 0.3 is 0 Å². The Morgan fingerprint density at radius 2 is 2.07 bits per heavy atom. The Morgan fingerprint density at radius 3 is 2.89 bits per heavy atom. The molecule has 7 nitrogen and oxygen atoms in total.